The lowest BCUT2D eigenvalue weighted by Gasteiger charge is -2.23. The van der Waals surface area contributed by atoms with Crippen molar-refractivity contribution in [3.63, 3.8) is 0 Å². The Morgan fingerprint density at radius 3 is 2.17 bits per heavy atom. The summed E-state index contributed by atoms with van der Waals surface area (Å²) in [5.74, 6) is 7.89. The molecule has 1 rings (SSSR count). The molecule has 0 saturated carbocycles. The second-order valence-electron chi connectivity index (χ2n) is 4.54. The molecule has 0 aliphatic carbocycles. The smallest absolute Gasteiger partial charge is 0.127 e. The number of nitrogens with two attached hydrogens (primary N) is 1. The van der Waals surface area contributed by atoms with E-state index in [2.05, 4.69) is 19.3 Å². The summed E-state index contributed by atoms with van der Waals surface area (Å²) in [6.07, 6.45) is 2.07. The predicted octanol–water partition coefficient (Wildman–Crippen LogP) is 2.64. The standard InChI is InChI=1S/C14H24N2O2/c1-5-10(2)9-11(16-15)14-12(17-3)7-6-8-13(14)18-4/h6-8,10-11,16H,5,9,15H2,1-4H3. The molecule has 0 amide bonds. The molecule has 1 aromatic rings. The molecular weight excluding hydrogens is 228 g/mol. The van der Waals surface area contributed by atoms with Gasteiger partial charge in [0.05, 0.1) is 25.8 Å². The van der Waals surface area contributed by atoms with E-state index in [9.17, 15) is 0 Å². The van der Waals surface area contributed by atoms with Crippen molar-refractivity contribution in [3.8, 4) is 11.5 Å². The van der Waals surface area contributed by atoms with Crippen LogP contribution in [0, 0.1) is 5.92 Å². The Kier molecular flexibility index (Phi) is 5.95. The molecule has 102 valence electrons. The Hall–Kier alpha value is -1.26. The van der Waals surface area contributed by atoms with Crippen LogP contribution in [0.4, 0.5) is 0 Å². The van der Waals surface area contributed by atoms with Crippen LogP contribution < -0.4 is 20.7 Å². The molecule has 0 aliphatic heterocycles. The van der Waals surface area contributed by atoms with Crippen molar-refractivity contribution in [2.45, 2.75) is 32.7 Å². The highest BCUT2D eigenvalue weighted by Gasteiger charge is 2.21. The minimum absolute atomic E-state index is 0.0334. The number of ether oxygens (including phenoxy) is 2. The lowest BCUT2D eigenvalue weighted by atomic mass is 9.93. The fourth-order valence-corrected chi connectivity index (χ4v) is 2.06. The van der Waals surface area contributed by atoms with Crippen molar-refractivity contribution >= 4 is 0 Å². The van der Waals surface area contributed by atoms with Crippen molar-refractivity contribution in [1.29, 1.82) is 0 Å². The van der Waals surface area contributed by atoms with Crippen LogP contribution in [0.2, 0.25) is 0 Å². The van der Waals surface area contributed by atoms with E-state index in [1.165, 1.54) is 0 Å². The molecule has 2 atom stereocenters. The second kappa shape index (κ2) is 7.24. The first kappa shape index (κ1) is 14.8. The molecule has 3 N–H and O–H groups in total. The van der Waals surface area contributed by atoms with Gasteiger partial charge in [0.25, 0.3) is 0 Å². The van der Waals surface area contributed by atoms with Crippen molar-refractivity contribution in [3.05, 3.63) is 23.8 Å². The molecule has 1 aromatic carbocycles. The molecule has 0 saturated heterocycles. The average Bonchev–Trinajstić information content (AvgIpc) is 2.43. The number of hydrogen-bond donors (Lipinski definition) is 2. The van der Waals surface area contributed by atoms with E-state index in [-0.39, 0.29) is 6.04 Å². The number of nitrogens with one attached hydrogen (secondary N) is 1. The number of hydrogen-bond acceptors (Lipinski definition) is 4. The van der Waals surface area contributed by atoms with Gasteiger partial charge in [-0.15, -0.1) is 0 Å². The molecule has 0 spiro atoms. The van der Waals surface area contributed by atoms with Crippen LogP contribution in [0.5, 0.6) is 11.5 Å². The van der Waals surface area contributed by atoms with Crippen LogP contribution in [-0.2, 0) is 0 Å². The lowest BCUT2D eigenvalue weighted by molar-refractivity contribution is 0.349. The third kappa shape index (κ3) is 3.37. The summed E-state index contributed by atoms with van der Waals surface area (Å²) in [6, 6.07) is 5.81. The van der Waals surface area contributed by atoms with E-state index in [1.54, 1.807) is 14.2 Å². The van der Waals surface area contributed by atoms with Gasteiger partial charge in [-0.3, -0.25) is 11.3 Å². The van der Waals surface area contributed by atoms with Gasteiger partial charge in [0, 0.05) is 0 Å². The average molecular weight is 252 g/mol. The van der Waals surface area contributed by atoms with Crippen molar-refractivity contribution in [1.82, 2.24) is 5.43 Å². The maximum atomic E-state index is 5.69. The zero-order chi connectivity index (χ0) is 13.5. The Bertz CT molecular complexity index is 347. The van der Waals surface area contributed by atoms with Crippen LogP contribution in [0.3, 0.4) is 0 Å². The minimum atomic E-state index is 0.0334. The van der Waals surface area contributed by atoms with E-state index in [1.807, 2.05) is 18.2 Å². The third-order valence-electron chi connectivity index (χ3n) is 3.35. The monoisotopic (exact) mass is 252 g/mol. The van der Waals surface area contributed by atoms with Gasteiger partial charge in [-0.05, 0) is 24.5 Å². The number of methoxy groups -OCH3 is 2. The third-order valence-corrected chi connectivity index (χ3v) is 3.35. The van der Waals surface area contributed by atoms with Crippen LogP contribution in [0.1, 0.15) is 38.3 Å². The van der Waals surface area contributed by atoms with E-state index >= 15 is 0 Å². The molecule has 18 heavy (non-hydrogen) atoms. The fraction of sp³-hybridized carbons (Fsp3) is 0.571. The first-order chi connectivity index (χ1) is 8.67. The van der Waals surface area contributed by atoms with Crippen molar-refractivity contribution in [2.75, 3.05) is 14.2 Å². The highest BCUT2D eigenvalue weighted by atomic mass is 16.5. The molecule has 0 aliphatic rings. The fourth-order valence-electron chi connectivity index (χ4n) is 2.06. The second-order valence-corrected chi connectivity index (χ2v) is 4.54. The first-order valence-electron chi connectivity index (χ1n) is 6.34. The van der Waals surface area contributed by atoms with Crippen molar-refractivity contribution < 1.29 is 9.47 Å². The summed E-state index contributed by atoms with van der Waals surface area (Å²) in [4.78, 5) is 0. The Labute approximate surface area is 109 Å². The number of hydrazine groups is 1. The van der Waals surface area contributed by atoms with Gasteiger partial charge < -0.3 is 9.47 Å². The molecule has 0 aromatic heterocycles. The molecular formula is C14H24N2O2. The molecule has 0 heterocycles. The summed E-state index contributed by atoms with van der Waals surface area (Å²) in [7, 11) is 3.32. The van der Waals surface area contributed by atoms with Gasteiger partial charge >= 0.3 is 0 Å². The maximum Gasteiger partial charge on any atom is 0.127 e. The predicted molar refractivity (Wildman–Crippen MR) is 73.7 cm³/mol. The van der Waals surface area contributed by atoms with Gasteiger partial charge in [-0.1, -0.05) is 26.3 Å². The van der Waals surface area contributed by atoms with Gasteiger partial charge in [0.2, 0.25) is 0 Å². The quantitative estimate of drug-likeness (QED) is 0.578. The largest absolute Gasteiger partial charge is 0.496 e. The van der Waals surface area contributed by atoms with Gasteiger partial charge in [0.1, 0.15) is 11.5 Å². The zero-order valence-electron chi connectivity index (χ0n) is 11.7. The Morgan fingerprint density at radius 1 is 1.22 bits per heavy atom. The molecule has 0 fully saturated rings. The topological polar surface area (TPSA) is 56.5 Å². The number of benzene rings is 1. The van der Waals surface area contributed by atoms with E-state index in [0.717, 1.165) is 29.9 Å². The van der Waals surface area contributed by atoms with Gasteiger partial charge in [0.15, 0.2) is 0 Å². The van der Waals surface area contributed by atoms with Gasteiger partial charge in [-0.2, -0.15) is 0 Å². The highest BCUT2D eigenvalue weighted by molar-refractivity contribution is 5.47. The summed E-state index contributed by atoms with van der Waals surface area (Å²) < 4.78 is 10.8. The summed E-state index contributed by atoms with van der Waals surface area (Å²) in [6.45, 7) is 4.39. The van der Waals surface area contributed by atoms with Crippen LogP contribution in [-0.4, -0.2) is 14.2 Å². The maximum absolute atomic E-state index is 5.69. The van der Waals surface area contributed by atoms with Crippen LogP contribution >= 0.6 is 0 Å². The molecule has 4 nitrogen and oxygen atoms in total. The SMILES string of the molecule is CCC(C)CC(NN)c1c(OC)cccc1OC. The molecule has 0 bridgehead atoms. The Morgan fingerprint density at radius 2 is 1.78 bits per heavy atom. The summed E-state index contributed by atoms with van der Waals surface area (Å²) in [5, 5.41) is 0. The summed E-state index contributed by atoms with van der Waals surface area (Å²) >= 11 is 0. The van der Waals surface area contributed by atoms with E-state index < -0.39 is 0 Å². The molecule has 4 heteroatoms. The highest BCUT2D eigenvalue weighted by Crippen LogP contribution is 2.36. The zero-order valence-corrected chi connectivity index (χ0v) is 11.7. The normalized spacial score (nSPS) is 14.1. The lowest BCUT2D eigenvalue weighted by Crippen LogP contribution is -2.30. The van der Waals surface area contributed by atoms with E-state index in [4.69, 9.17) is 15.3 Å². The van der Waals surface area contributed by atoms with Gasteiger partial charge in [-0.25, -0.2) is 0 Å². The van der Waals surface area contributed by atoms with Crippen molar-refractivity contribution in [2.24, 2.45) is 11.8 Å². The van der Waals surface area contributed by atoms with Crippen LogP contribution in [0.25, 0.3) is 0 Å². The first-order valence-corrected chi connectivity index (χ1v) is 6.34. The molecule has 2 unspecified atom stereocenters. The number of rotatable bonds is 7. The minimum Gasteiger partial charge on any atom is -0.496 e. The van der Waals surface area contributed by atoms with Crippen LogP contribution in [0.15, 0.2) is 18.2 Å². The summed E-state index contributed by atoms with van der Waals surface area (Å²) in [5.41, 5.74) is 3.86. The Balaban J connectivity index is 3.09. The van der Waals surface area contributed by atoms with E-state index in [0.29, 0.717) is 5.92 Å². The molecule has 0 radical (unpaired) electrons.